The Morgan fingerprint density at radius 3 is 2.44 bits per heavy atom. The second kappa shape index (κ2) is 12.3. The number of rotatable bonds is 9. The van der Waals surface area contributed by atoms with E-state index < -0.39 is 18.1 Å². The van der Waals surface area contributed by atoms with Crippen LogP contribution < -0.4 is 11.1 Å². The Morgan fingerprint density at radius 2 is 1.70 bits per heavy atom. The third-order valence-electron chi connectivity index (χ3n) is 9.51. The molecule has 3 heterocycles. The lowest BCUT2D eigenvalue weighted by Crippen LogP contribution is -2.62. The van der Waals surface area contributed by atoms with Crippen LogP contribution in [0.4, 0.5) is 0 Å². The first-order valence-electron chi connectivity index (χ1n) is 15.5. The minimum atomic E-state index is -0.792. The number of benzene rings is 2. The number of aromatic nitrogens is 2. The second-order valence-electron chi connectivity index (χ2n) is 12.3. The molecule has 0 unspecified atom stereocenters. The molecule has 1 saturated carbocycles. The van der Waals surface area contributed by atoms with E-state index in [2.05, 4.69) is 22.4 Å². The highest BCUT2D eigenvalue weighted by Gasteiger charge is 2.49. The molecule has 43 heavy (non-hydrogen) atoms. The number of Topliss-reactive ketones (excluding diaryl/α,β-unsaturated/α-hetero) is 1. The number of nitrogens with zero attached hydrogens (tertiary/aromatic N) is 4. The molecular formula is C33H40N6O4. The Morgan fingerprint density at radius 1 is 0.977 bits per heavy atom. The maximum absolute atomic E-state index is 14.0. The number of piperazine rings is 1. The van der Waals surface area contributed by atoms with E-state index in [1.807, 2.05) is 49.5 Å². The highest BCUT2D eigenvalue weighted by molar-refractivity contribution is 6.03. The van der Waals surface area contributed by atoms with E-state index in [1.54, 1.807) is 9.47 Å². The van der Waals surface area contributed by atoms with Gasteiger partial charge in [-0.3, -0.25) is 19.2 Å². The summed E-state index contributed by atoms with van der Waals surface area (Å²) in [6.45, 7) is 0.468. The number of amides is 3. The molecule has 226 valence electrons. The van der Waals surface area contributed by atoms with Crippen LogP contribution in [0.1, 0.15) is 61.1 Å². The van der Waals surface area contributed by atoms with E-state index in [0.29, 0.717) is 43.6 Å². The number of aryl methyl sites for hydroxylation is 2. The molecule has 0 spiro atoms. The van der Waals surface area contributed by atoms with Crippen LogP contribution in [0.25, 0.3) is 11.0 Å². The summed E-state index contributed by atoms with van der Waals surface area (Å²) in [5, 5.41) is 3.04. The number of carbonyl (C=O) groups excluding carboxylic acids is 4. The average molecular weight is 585 g/mol. The van der Waals surface area contributed by atoms with E-state index >= 15 is 0 Å². The molecular weight excluding hydrogens is 544 g/mol. The molecule has 2 aromatic carbocycles. The summed E-state index contributed by atoms with van der Waals surface area (Å²) in [6, 6.07) is 15.5. The average Bonchev–Trinajstić information content (AvgIpc) is 3.62. The van der Waals surface area contributed by atoms with Gasteiger partial charge < -0.3 is 25.4 Å². The lowest BCUT2D eigenvalue weighted by molar-refractivity contribution is -0.157. The lowest BCUT2D eigenvalue weighted by atomic mass is 9.80. The number of imidazole rings is 1. The zero-order valence-electron chi connectivity index (χ0n) is 24.7. The number of fused-ring (bicyclic) bond motifs is 2. The predicted molar refractivity (Wildman–Crippen MR) is 162 cm³/mol. The van der Waals surface area contributed by atoms with Crippen LogP contribution in [-0.2, 0) is 27.9 Å². The van der Waals surface area contributed by atoms with Gasteiger partial charge in [0.2, 0.25) is 23.5 Å². The zero-order valence-corrected chi connectivity index (χ0v) is 24.7. The topological polar surface area (TPSA) is 131 Å². The van der Waals surface area contributed by atoms with Crippen molar-refractivity contribution in [2.24, 2.45) is 18.7 Å². The number of carbonyl (C=O) groups is 4. The molecule has 6 rings (SSSR count). The van der Waals surface area contributed by atoms with Gasteiger partial charge in [-0.15, -0.1) is 0 Å². The van der Waals surface area contributed by atoms with Crippen molar-refractivity contribution in [2.75, 3.05) is 13.1 Å². The van der Waals surface area contributed by atoms with Crippen molar-refractivity contribution < 1.29 is 19.2 Å². The Kier molecular flexibility index (Phi) is 8.30. The summed E-state index contributed by atoms with van der Waals surface area (Å²) in [5.41, 5.74) is 8.91. The van der Waals surface area contributed by atoms with E-state index in [1.165, 1.54) is 10.5 Å². The number of ketones is 1. The number of hydrogen-bond donors (Lipinski definition) is 2. The van der Waals surface area contributed by atoms with Crippen LogP contribution >= 0.6 is 0 Å². The molecule has 1 aliphatic carbocycles. The summed E-state index contributed by atoms with van der Waals surface area (Å²) in [5.74, 6) is -0.741. The van der Waals surface area contributed by atoms with Gasteiger partial charge in [0.15, 0.2) is 5.82 Å². The van der Waals surface area contributed by atoms with Crippen molar-refractivity contribution >= 4 is 34.5 Å². The Bertz CT molecular complexity index is 1510. The summed E-state index contributed by atoms with van der Waals surface area (Å²) in [6.07, 6.45) is 5.38. The molecule has 3 aromatic rings. The molecule has 3 amide bonds. The fraction of sp³-hybridized carbons (Fsp3) is 0.485. The van der Waals surface area contributed by atoms with Crippen molar-refractivity contribution in [1.82, 2.24) is 24.7 Å². The highest BCUT2D eigenvalue weighted by Crippen LogP contribution is 2.32. The molecule has 1 aromatic heterocycles. The molecule has 0 radical (unpaired) electrons. The first-order chi connectivity index (χ1) is 20.8. The van der Waals surface area contributed by atoms with Crippen molar-refractivity contribution in [1.29, 1.82) is 0 Å². The van der Waals surface area contributed by atoms with Crippen LogP contribution in [0.15, 0.2) is 54.6 Å². The molecule has 2 aliphatic heterocycles. The third kappa shape index (κ3) is 5.80. The van der Waals surface area contributed by atoms with Crippen molar-refractivity contribution in [3.8, 4) is 0 Å². The van der Waals surface area contributed by atoms with Crippen LogP contribution in [0.2, 0.25) is 0 Å². The largest absolute Gasteiger partial charge is 0.344 e. The van der Waals surface area contributed by atoms with Gasteiger partial charge in [-0.25, -0.2) is 4.98 Å². The van der Waals surface area contributed by atoms with Gasteiger partial charge in [-0.05, 0) is 75.0 Å². The molecule has 10 nitrogen and oxygen atoms in total. The SMILES string of the molecule is Cn1c(C(=O)[C@@H](NC(=O)[C@@H]2CC[C@H]3C(=O)N(CCCc4ccccc4)CC(=O)N23)C2CCC(N)CC2)nc2ccccc21. The van der Waals surface area contributed by atoms with Crippen LogP contribution in [0, 0.1) is 5.92 Å². The summed E-state index contributed by atoms with van der Waals surface area (Å²) < 4.78 is 1.77. The summed E-state index contributed by atoms with van der Waals surface area (Å²) in [7, 11) is 1.81. The fourth-order valence-electron chi connectivity index (χ4n) is 7.13. The molecule has 3 N–H and O–H groups in total. The van der Waals surface area contributed by atoms with E-state index in [4.69, 9.17) is 5.73 Å². The quantitative estimate of drug-likeness (QED) is 0.372. The molecule has 3 aliphatic rings. The second-order valence-corrected chi connectivity index (χ2v) is 12.3. The van der Waals surface area contributed by atoms with E-state index in [0.717, 1.165) is 31.2 Å². The maximum Gasteiger partial charge on any atom is 0.245 e. The first kappa shape index (κ1) is 29.0. The van der Waals surface area contributed by atoms with Gasteiger partial charge in [-0.2, -0.15) is 0 Å². The maximum atomic E-state index is 14.0. The van der Waals surface area contributed by atoms with Gasteiger partial charge in [0.25, 0.3) is 0 Å². The normalized spacial score (nSPS) is 24.7. The van der Waals surface area contributed by atoms with Gasteiger partial charge >= 0.3 is 0 Å². The zero-order chi connectivity index (χ0) is 30.1. The van der Waals surface area contributed by atoms with Crippen molar-refractivity contribution in [2.45, 2.75) is 75.5 Å². The Balaban J connectivity index is 1.16. The van der Waals surface area contributed by atoms with Gasteiger partial charge in [0, 0.05) is 19.6 Å². The van der Waals surface area contributed by atoms with Crippen LogP contribution in [-0.4, -0.2) is 80.1 Å². The molecule has 2 saturated heterocycles. The predicted octanol–water partition coefficient (Wildman–Crippen LogP) is 2.59. The number of hydrogen-bond acceptors (Lipinski definition) is 6. The first-order valence-corrected chi connectivity index (χ1v) is 15.5. The molecule has 0 bridgehead atoms. The van der Waals surface area contributed by atoms with Crippen molar-refractivity contribution in [3.05, 3.63) is 66.0 Å². The smallest absolute Gasteiger partial charge is 0.245 e. The summed E-state index contributed by atoms with van der Waals surface area (Å²) >= 11 is 0. The summed E-state index contributed by atoms with van der Waals surface area (Å²) in [4.78, 5) is 62.4. The van der Waals surface area contributed by atoms with Crippen molar-refractivity contribution in [3.63, 3.8) is 0 Å². The van der Waals surface area contributed by atoms with Crippen LogP contribution in [0.5, 0.6) is 0 Å². The monoisotopic (exact) mass is 584 g/mol. The molecule has 10 heteroatoms. The standard InChI is InChI=1S/C33H40N6O4/c1-37-25-12-6-5-11-24(25)35-31(37)30(41)29(22-13-15-23(34)16-14-22)36-32(42)26-17-18-27-33(43)38(20-28(40)39(26)27)19-7-10-21-8-3-2-4-9-21/h2-6,8-9,11-12,22-23,26-27,29H,7,10,13-20,34H2,1H3,(H,36,42)/t22?,23?,26-,27-,29-/m0/s1. The minimum Gasteiger partial charge on any atom is -0.344 e. The Hall–Kier alpha value is -4.05. The minimum absolute atomic E-state index is 0.0311. The lowest BCUT2D eigenvalue weighted by Gasteiger charge is -2.39. The molecule has 3 fully saturated rings. The van der Waals surface area contributed by atoms with E-state index in [-0.39, 0.29) is 42.0 Å². The van der Waals surface area contributed by atoms with Gasteiger partial charge in [0.05, 0.1) is 23.6 Å². The fourth-order valence-corrected chi connectivity index (χ4v) is 7.13. The third-order valence-corrected chi connectivity index (χ3v) is 9.51. The number of para-hydroxylation sites is 2. The Labute approximate surface area is 251 Å². The number of nitrogens with two attached hydrogens (primary N) is 1. The van der Waals surface area contributed by atoms with Gasteiger partial charge in [-0.1, -0.05) is 42.5 Å². The number of nitrogens with one attached hydrogen (secondary N) is 1. The van der Waals surface area contributed by atoms with E-state index in [9.17, 15) is 19.2 Å². The van der Waals surface area contributed by atoms with Crippen LogP contribution in [0.3, 0.4) is 0 Å². The molecule has 3 atom stereocenters. The van der Waals surface area contributed by atoms with Gasteiger partial charge in [0.1, 0.15) is 12.1 Å². The highest BCUT2D eigenvalue weighted by atomic mass is 16.2.